The number of hydrogen-bond acceptors (Lipinski definition) is 3. The summed E-state index contributed by atoms with van der Waals surface area (Å²) >= 11 is 0. The fourth-order valence-electron chi connectivity index (χ4n) is 1.80. The van der Waals surface area contributed by atoms with Gasteiger partial charge < -0.3 is 9.47 Å². The van der Waals surface area contributed by atoms with Crippen LogP contribution in [0.1, 0.15) is 33.6 Å². The number of esters is 1. The Morgan fingerprint density at radius 1 is 1.53 bits per heavy atom. The molecule has 1 heterocycles. The van der Waals surface area contributed by atoms with Gasteiger partial charge in [0.15, 0.2) is 6.10 Å². The summed E-state index contributed by atoms with van der Waals surface area (Å²) < 4.78 is 36.5. The zero-order valence-corrected chi connectivity index (χ0v) is 9.18. The quantitative estimate of drug-likeness (QED) is 0.671. The Bertz CT molecular complexity index is 235. The third-order valence-corrected chi connectivity index (χ3v) is 2.18. The van der Waals surface area contributed by atoms with Crippen LogP contribution in [-0.4, -0.2) is 30.2 Å². The zero-order chi connectivity index (χ0) is 11.7. The number of rotatable bonds is 2. The minimum Gasteiger partial charge on any atom is -0.464 e. The lowest BCUT2D eigenvalue weighted by Crippen LogP contribution is -2.48. The van der Waals surface area contributed by atoms with Crippen LogP contribution in [-0.2, 0) is 14.3 Å². The molecular formula is C10H16F2O3. The molecule has 1 fully saturated rings. The normalized spacial score (nSPS) is 28.5. The van der Waals surface area contributed by atoms with E-state index in [1.54, 1.807) is 20.8 Å². The van der Waals surface area contributed by atoms with Gasteiger partial charge in [0.25, 0.3) is 5.92 Å². The van der Waals surface area contributed by atoms with Crippen LogP contribution in [0, 0.1) is 0 Å². The molecule has 3 nitrogen and oxygen atoms in total. The van der Waals surface area contributed by atoms with Crippen LogP contribution in [0.15, 0.2) is 0 Å². The first kappa shape index (κ1) is 12.4. The molecule has 1 rings (SSSR count). The van der Waals surface area contributed by atoms with Crippen LogP contribution < -0.4 is 0 Å². The van der Waals surface area contributed by atoms with Gasteiger partial charge in [-0.2, -0.15) is 0 Å². The zero-order valence-electron chi connectivity index (χ0n) is 9.18. The molecule has 15 heavy (non-hydrogen) atoms. The summed E-state index contributed by atoms with van der Waals surface area (Å²) in [5.41, 5.74) is -0.987. The summed E-state index contributed by atoms with van der Waals surface area (Å²) in [6.07, 6.45) is -2.10. The van der Waals surface area contributed by atoms with E-state index in [0.717, 1.165) is 0 Å². The Balaban J connectivity index is 2.71. The standard InChI is InChI=1S/C10H16F2O3/c1-4-14-8(13)7-5-10(11,12)6-9(2,3)15-7/h7H,4-6H2,1-3H3. The molecule has 1 unspecified atom stereocenters. The Morgan fingerprint density at radius 3 is 2.60 bits per heavy atom. The number of halogens is 2. The number of ether oxygens (including phenoxy) is 2. The molecule has 0 aromatic rings. The number of carbonyl (C=O) groups is 1. The van der Waals surface area contributed by atoms with E-state index < -0.39 is 30.0 Å². The van der Waals surface area contributed by atoms with Gasteiger partial charge in [-0.1, -0.05) is 0 Å². The maximum Gasteiger partial charge on any atom is 0.335 e. The lowest BCUT2D eigenvalue weighted by Gasteiger charge is -2.39. The summed E-state index contributed by atoms with van der Waals surface area (Å²) in [5, 5.41) is 0. The molecule has 0 aromatic heterocycles. The molecular weight excluding hydrogens is 206 g/mol. The highest BCUT2D eigenvalue weighted by Crippen LogP contribution is 2.39. The smallest absolute Gasteiger partial charge is 0.335 e. The predicted octanol–water partition coefficient (Wildman–Crippen LogP) is 2.14. The monoisotopic (exact) mass is 222 g/mol. The van der Waals surface area contributed by atoms with Gasteiger partial charge in [-0.25, -0.2) is 13.6 Å². The van der Waals surface area contributed by atoms with Crippen molar-refractivity contribution in [2.24, 2.45) is 0 Å². The van der Waals surface area contributed by atoms with E-state index in [-0.39, 0.29) is 13.0 Å². The average molecular weight is 222 g/mol. The maximum atomic E-state index is 13.3. The number of alkyl halides is 2. The van der Waals surface area contributed by atoms with E-state index in [1.165, 1.54) is 0 Å². The van der Waals surface area contributed by atoms with E-state index in [9.17, 15) is 13.6 Å². The molecule has 0 saturated carbocycles. The second-order valence-electron chi connectivity index (χ2n) is 4.36. The molecule has 0 aromatic carbocycles. The predicted molar refractivity (Wildman–Crippen MR) is 49.8 cm³/mol. The fourth-order valence-corrected chi connectivity index (χ4v) is 1.80. The lowest BCUT2D eigenvalue weighted by molar-refractivity contribution is -0.214. The lowest BCUT2D eigenvalue weighted by atomic mass is 9.92. The van der Waals surface area contributed by atoms with Crippen LogP contribution >= 0.6 is 0 Å². The van der Waals surface area contributed by atoms with Crippen LogP contribution in [0.3, 0.4) is 0 Å². The van der Waals surface area contributed by atoms with Crippen LogP contribution in [0.2, 0.25) is 0 Å². The van der Waals surface area contributed by atoms with Crippen LogP contribution in [0.25, 0.3) is 0 Å². The van der Waals surface area contributed by atoms with Gasteiger partial charge in [0.1, 0.15) is 0 Å². The largest absolute Gasteiger partial charge is 0.464 e. The van der Waals surface area contributed by atoms with E-state index in [0.29, 0.717) is 0 Å². The Labute approximate surface area is 87.7 Å². The molecule has 1 saturated heterocycles. The van der Waals surface area contributed by atoms with Gasteiger partial charge in [0, 0.05) is 12.8 Å². The molecule has 0 spiro atoms. The second kappa shape index (κ2) is 4.04. The maximum absolute atomic E-state index is 13.3. The molecule has 1 atom stereocenters. The van der Waals surface area contributed by atoms with Crippen LogP contribution in [0.4, 0.5) is 8.78 Å². The number of carbonyl (C=O) groups excluding carboxylic acids is 1. The molecule has 0 radical (unpaired) electrons. The highest BCUT2D eigenvalue weighted by atomic mass is 19.3. The molecule has 0 amide bonds. The van der Waals surface area contributed by atoms with Crippen molar-refractivity contribution >= 4 is 5.97 Å². The van der Waals surface area contributed by atoms with Gasteiger partial charge in [-0.05, 0) is 20.8 Å². The van der Waals surface area contributed by atoms with Crippen molar-refractivity contribution in [1.29, 1.82) is 0 Å². The van der Waals surface area contributed by atoms with Crippen molar-refractivity contribution in [2.45, 2.75) is 51.2 Å². The molecule has 0 N–H and O–H groups in total. The Morgan fingerprint density at radius 2 is 2.13 bits per heavy atom. The third-order valence-electron chi connectivity index (χ3n) is 2.18. The van der Waals surface area contributed by atoms with Gasteiger partial charge in [0.05, 0.1) is 12.2 Å². The highest BCUT2D eigenvalue weighted by Gasteiger charge is 2.48. The van der Waals surface area contributed by atoms with Crippen LogP contribution in [0.5, 0.6) is 0 Å². The van der Waals surface area contributed by atoms with Crippen molar-refractivity contribution < 1.29 is 23.0 Å². The average Bonchev–Trinajstić information content (AvgIpc) is 1.98. The van der Waals surface area contributed by atoms with E-state index in [4.69, 9.17) is 4.74 Å². The number of hydrogen-bond donors (Lipinski definition) is 0. The summed E-state index contributed by atoms with van der Waals surface area (Å²) in [6.45, 7) is 4.90. The SMILES string of the molecule is CCOC(=O)C1CC(F)(F)CC(C)(C)O1. The summed E-state index contributed by atoms with van der Waals surface area (Å²) in [6, 6.07) is 0. The molecule has 5 heteroatoms. The topological polar surface area (TPSA) is 35.5 Å². The molecule has 0 aliphatic carbocycles. The second-order valence-corrected chi connectivity index (χ2v) is 4.36. The minimum atomic E-state index is -2.86. The summed E-state index contributed by atoms with van der Waals surface area (Å²) in [5.74, 6) is -3.57. The van der Waals surface area contributed by atoms with E-state index in [2.05, 4.69) is 4.74 Å². The van der Waals surface area contributed by atoms with E-state index in [1.807, 2.05) is 0 Å². The van der Waals surface area contributed by atoms with Crippen molar-refractivity contribution in [3.8, 4) is 0 Å². The van der Waals surface area contributed by atoms with Crippen molar-refractivity contribution in [3.05, 3.63) is 0 Å². The Kier molecular flexibility index (Phi) is 3.33. The molecule has 1 aliphatic rings. The first-order chi connectivity index (χ1) is 6.76. The first-order valence-electron chi connectivity index (χ1n) is 4.98. The Hall–Kier alpha value is -0.710. The van der Waals surface area contributed by atoms with Crippen molar-refractivity contribution in [1.82, 2.24) is 0 Å². The van der Waals surface area contributed by atoms with Crippen molar-refractivity contribution in [3.63, 3.8) is 0 Å². The first-order valence-corrected chi connectivity index (χ1v) is 4.98. The van der Waals surface area contributed by atoms with Gasteiger partial charge in [0.2, 0.25) is 0 Å². The van der Waals surface area contributed by atoms with Gasteiger partial charge >= 0.3 is 5.97 Å². The highest BCUT2D eigenvalue weighted by molar-refractivity contribution is 5.75. The van der Waals surface area contributed by atoms with Crippen molar-refractivity contribution in [2.75, 3.05) is 6.61 Å². The van der Waals surface area contributed by atoms with Gasteiger partial charge in [-0.3, -0.25) is 0 Å². The minimum absolute atomic E-state index is 0.171. The molecule has 0 bridgehead atoms. The third kappa shape index (κ3) is 3.41. The van der Waals surface area contributed by atoms with E-state index >= 15 is 0 Å². The molecule has 1 aliphatic heterocycles. The molecule has 88 valence electrons. The summed E-state index contributed by atoms with van der Waals surface area (Å²) in [4.78, 5) is 11.3. The van der Waals surface area contributed by atoms with Gasteiger partial charge in [-0.15, -0.1) is 0 Å². The summed E-state index contributed by atoms with van der Waals surface area (Å²) in [7, 11) is 0. The fraction of sp³-hybridized carbons (Fsp3) is 0.900.